The van der Waals surface area contributed by atoms with E-state index in [0.717, 1.165) is 5.56 Å². The number of carboxylic acid groups (broad SMARTS) is 1. The van der Waals surface area contributed by atoms with Gasteiger partial charge in [-0.2, -0.15) is 0 Å². The van der Waals surface area contributed by atoms with Crippen molar-refractivity contribution < 1.29 is 19.8 Å². The molecule has 29 heavy (non-hydrogen) atoms. The van der Waals surface area contributed by atoms with E-state index in [1.165, 1.54) is 44.8 Å². The van der Waals surface area contributed by atoms with Crippen LogP contribution in [0.25, 0.3) is 0 Å². The van der Waals surface area contributed by atoms with E-state index in [4.69, 9.17) is 0 Å². The summed E-state index contributed by atoms with van der Waals surface area (Å²) in [4.78, 5) is 23.6. The largest absolute Gasteiger partial charge is 0.506 e. The van der Waals surface area contributed by atoms with E-state index in [-0.39, 0.29) is 17.9 Å². The number of phenolic OH excluding ortho intramolecular Hbond substituents is 1. The Hall–Kier alpha value is -2.86. The number of nitrogens with one attached hydrogen (secondary N) is 2. The van der Waals surface area contributed by atoms with Crippen LogP contribution < -0.4 is 10.6 Å². The number of benzene rings is 2. The number of aryl methyl sites for hydroxylation is 1. The Bertz CT molecular complexity index is 753. The molecule has 1 aliphatic heterocycles. The topological polar surface area (TPSA) is 98.7 Å². The first kappa shape index (κ1) is 22.4. The summed E-state index contributed by atoms with van der Waals surface area (Å²) in [5, 5.41) is 24.9. The molecule has 0 saturated carbocycles. The first-order valence-corrected chi connectivity index (χ1v) is 10.1. The molecule has 2 aromatic carbocycles. The van der Waals surface area contributed by atoms with Gasteiger partial charge in [-0.25, -0.2) is 0 Å². The molecular formula is C23H30N2O4. The maximum Gasteiger partial charge on any atom is 0.316 e. The molecule has 2 aromatic rings. The Labute approximate surface area is 172 Å². The normalized spacial score (nSPS) is 14.7. The van der Waals surface area contributed by atoms with Crippen LogP contribution in [0.1, 0.15) is 36.8 Å². The van der Waals surface area contributed by atoms with E-state index in [1.807, 2.05) is 6.07 Å². The first-order chi connectivity index (χ1) is 14.0. The van der Waals surface area contributed by atoms with E-state index >= 15 is 0 Å². The van der Waals surface area contributed by atoms with Gasteiger partial charge in [0.05, 0.1) is 5.69 Å². The number of hydrogen-bond acceptors (Lipinski definition) is 4. The fourth-order valence-corrected chi connectivity index (χ4v) is 3.15. The lowest BCUT2D eigenvalue weighted by molar-refractivity contribution is -0.145. The minimum absolute atomic E-state index is 0.0859. The summed E-state index contributed by atoms with van der Waals surface area (Å²) >= 11 is 0. The van der Waals surface area contributed by atoms with Gasteiger partial charge in [0.2, 0.25) is 5.91 Å². The molecule has 1 unspecified atom stereocenters. The number of amides is 1. The van der Waals surface area contributed by atoms with Gasteiger partial charge in [0, 0.05) is 0 Å². The van der Waals surface area contributed by atoms with Crippen LogP contribution >= 0.6 is 0 Å². The lowest BCUT2D eigenvalue weighted by atomic mass is 9.98. The maximum atomic E-state index is 12.3. The number of carbonyl (C=O) groups is 2. The van der Waals surface area contributed by atoms with Gasteiger partial charge in [-0.3, -0.25) is 9.59 Å². The van der Waals surface area contributed by atoms with Crippen LogP contribution in [0.3, 0.4) is 0 Å². The van der Waals surface area contributed by atoms with Crippen LogP contribution in [-0.4, -0.2) is 35.2 Å². The zero-order valence-electron chi connectivity index (χ0n) is 16.9. The molecule has 1 heterocycles. The number of aliphatic carboxylic acids is 1. The lowest BCUT2D eigenvalue weighted by Gasteiger charge is -2.15. The molecule has 0 spiro atoms. The fourth-order valence-electron chi connectivity index (χ4n) is 3.15. The van der Waals surface area contributed by atoms with Crippen molar-refractivity contribution in [1.29, 1.82) is 0 Å². The molecule has 1 fully saturated rings. The van der Waals surface area contributed by atoms with Gasteiger partial charge in [-0.1, -0.05) is 55.3 Å². The zero-order chi connectivity index (χ0) is 21.1. The van der Waals surface area contributed by atoms with Crippen LogP contribution in [0.4, 0.5) is 5.69 Å². The molecule has 0 bridgehead atoms. The van der Waals surface area contributed by atoms with E-state index in [1.54, 1.807) is 43.3 Å². The fraction of sp³-hybridized carbons (Fsp3) is 0.391. The second kappa shape index (κ2) is 11.9. The van der Waals surface area contributed by atoms with Gasteiger partial charge < -0.3 is 20.8 Å². The maximum absolute atomic E-state index is 12.3. The number of aromatic hydroxyl groups is 1. The van der Waals surface area contributed by atoms with E-state index in [9.17, 15) is 19.8 Å². The Morgan fingerprint density at radius 3 is 2.24 bits per heavy atom. The van der Waals surface area contributed by atoms with Crippen molar-refractivity contribution in [2.24, 2.45) is 5.92 Å². The Morgan fingerprint density at radius 2 is 1.66 bits per heavy atom. The number of carboxylic acids is 1. The summed E-state index contributed by atoms with van der Waals surface area (Å²) in [6, 6.07) is 13.8. The van der Waals surface area contributed by atoms with Crippen LogP contribution in [0.5, 0.6) is 5.75 Å². The summed E-state index contributed by atoms with van der Waals surface area (Å²) in [5.41, 5.74) is 1.67. The van der Waals surface area contributed by atoms with Gasteiger partial charge in [-0.05, 0) is 56.5 Å². The lowest BCUT2D eigenvalue weighted by Crippen LogP contribution is -2.31. The van der Waals surface area contributed by atoms with Gasteiger partial charge in [0.1, 0.15) is 11.7 Å². The summed E-state index contributed by atoms with van der Waals surface area (Å²) < 4.78 is 0. The molecule has 1 aliphatic rings. The highest BCUT2D eigenvalue weighted by molar-refractivity contribution is 6.05. The van der Waals surface area contributed by atoms with E-state index in [0.29, 0.717) is 5.56 Å². The number of rotatable bonds is 5. The van der Waals surface area contributed by atoms with Crippen molar-refractivity contribution in [2.45, 2.75) is 39.0 Å². The summed E-state index contributed by atoms with van der Waals surface area (Å²) in [5.74, 6) is -3.16. The average Bonchev–Trinajstić information content (AvgIpc) is 3.03. The zero-order valence-corrected chi connectivity index (χ0v) is 16.9. The number of hydrogen-bond donors (Lipinski definition) is 4. The molecule has 0 aliphatic carbocycles. The molecular weight excluding hydrogens is 368 g/mol. The van der Waals surface area contributed by atoms with E-state index in [2.05, 4.69) is 10.6 Å². The van der Waals surface area contributed by atoms with Gasteiger partial charge >= 0.3 is 5.97 Å². The van der Waals surface area contributed by atoms with Crippen molar-refractivity contribution in [2.75, 3.05) is 18.4 Å². The predicted octanol–water partition coefficient (Wildman–Crippen LogP) is 3.73. The highest BCUT2D eigenvalue weighted by Crippen LogP contribution is 2.27. The van der Waals surface area contributed by atoms with Gasteiger partial charge in [0.25, 0.3) is 0 Å². The molecule has 1 atom stereocenters. The average molecular weight is 399 g/mol. The third kappa shape index (κ3) is 7.58. The van der Waals surface area contributed by atoms with Crippen LogP contribution in [0.2, 0.25) is 0 Å². The minimum atomic E-state index is -1.22. The predicted molar refractivity (Wildman–Crippen MR) is 114 cm³/mol. The SMILES string of the molecule is C1CCCNCC1.Cc1cccc(O)c1NC(=O)C(Cc1ccccc1)C(=O)O. The Balaban J connectivity index is 0.000000360. The number of anilines is 1. The molecule has 0 aromatic heterocycles. The van der Waals surface area contributed by atoms with Crippen molar-refractivity contribution in [3.05, 3.63) is 59.7 Å². The molecule has 1 amide bonds. The summed E-state index contributed by atoms with van der Waals surface area (Å²) in [6.45, 7) is 4.22. The third-order valence-electron chi connectivity index (χ3n) is 4.85. The molecule has 156 valence electrons. The van der Waals surface area contributed by atoms with Gasteiger partial charge in [0.15, 0.2) is 0 Å². The molecule has 6 heteroatoms. The number of phenols is 1. The number of para-hydroxylation sites is 1. The minimum Gasteiger partial charge on any atom is -0.506 e. The molecule has 3 rings (SSSR count). The van der Waals surface area contributed by atoms with Crippen LogP contribution in [0, 0.1) is 12.8 Å². The smallest absolute Gasteiger partial charge is 0.316 e. The number of carbonyl (C=O) groups excluding carboxylic acids is 1. The molecule has 6 nitrogen and oxygen atoms in total. The summed E-state index contributed by atoms with van der Waals surface area (Å²) in [7, 11) is 0. The third-order valence-corrected chi connectivity index (χ3v) is 4.85. The van der Waals surface area contributed by atoms with Crippen molar-refractivity contribution in [1.82, 2.24) is 5.32 Å². The van der Waals surface area contributed by atoms with Crippen LogP contribution in [0.15, 0.2) is 48.5 Å². The summed E-state index contributed by atoms with van der Waals surface area (Å²) in [6.07, 6.45) is 5.74. The standard InChI is InChI=1S/C17H17NO4.C6H13N/c1-11-6-5-9-14(19)15(11)18-16(20)13(17(21)22)10-12-7-3-2-4-8-12;1-2-4-6-7-5-3-1/h2-9,13,19H,10H2,1H3,(H,18,20)(H,21,22);7H,1-6H2. The molecule has 1 saturated heterocycles. The molecule has 0 radical (unpaired) electrons. The first-order valence-electron chi connectivity index (χ1n) is 10.1. The highest BCUT2D eigenvalue weighted by Gasteiger charge is 2.27. The van der Waals surface area contributed by atoms with Gasteiger partial charge in [-0.15, -0.1) is 0 Å². The van der Waals surface area contributed by atoms with Crippen molar-refractivity contribution >= 4 is 17.6 Å². The van der Waals surface area contributed by atoms with Crippen LogP contribution in [-0.2, 0) is 16.0 Å². The monoisotopic (exact) mass is 398 g/mol. The molecule has 4 N–H and O–H groups in total. The van der Waals surface area contributed by atoms with E-state index < -0.39 is 17.8 Å². The second-order valence-electron chi connectivity index (χ2n) is 7.20. The highest BCUT2D eigenvalue weighted by atomic mass is 16.4. The Morgan fingerprint density at radius 1 is 1.00 bits per heavy atom. The van der Waals surface area contributed by atoms with Crippen molar-refractivity contribution in [3.8, 4) is 5.75 Å². The Kier molecular flexibility index (Phi) is 9.18. The second-order valence-corrected chi connectivity index (χ2v) is 7.20. The quantitative estimate of drug-likeness (QED) is 0.454. The van der Waals surface area contributed by atoms with Crippen molar-refractivity contribution in [3.63, 3.8) is 0 Å².